The smallest absolute Gasteiger partial charge is 0.171 e. The van der Waals surface area contributed by atoms with Gasteiger partial charge in [0.05, 0.1) is 25.4 Å². The van der Waals surface area contributed by atoms with Crippen LogP contribution in [-0.4, -0.2) is 37.3 Å². The summed E-state index contributed by atoms with van der Waals surface area (Å²) < 4.78 is 18.2. The highest BCUT2D eigenvalue weighted by Gasteiger charge is 2.46. The van der Waals surface area contributed by atoms with Crippen molar-refractivity contribution in [3.05, 3.63) is 0 Å². The normalized spacial score (nSPS) is 42.3. The van der Waals surface area contributed by atoms with Crippen LogP contribution in [0.3, 0.4) is 0 Å². The maximum absolute atomic E-state index is 6.45. The molecule has 1 saturated heterocycles. The van der Waals surface area contributed by atoms with Crippen LogP contribution in [0.5, 0.6) is 0 Å². The Morgan fingerprint density at radius 3 is 2.48 bits per heavy atom. The van der Waals surface area contributed by atoms with Crippen LogP contribution in [0.15, 0.2) is 0 Å². The van der Waals surface area contributed by atoms with Gasteiger partial charge in [-0.1, -0.05) is 20.8 Å². The summed E-state index contributed by atoms with van der Waals surface area (Å²) >= 11 is 0. The zero-order valence-electron chi connectivity index (χ0n) is 13.8. The van der Waals surface area contributed by atoms with Crippen molar-refractivity contribution in [3.8, 4) is 0 Å². The molecule has 21 heavy (non-hydrogen) atoms. The summed E-state index contributed by atoms with van der Waals surface area (Å²) in [4.78, 5) is 0. The molecule has 4 atom stereocenters. The second-order valence-corrected chi connectivity index (χ2v) is 8.22. The third-order valence-electron chi connectivity index (χ3n) is 5.38. The van der Waals surface area contributed by atoms with E-state index in [2.05, 4.69) is 20.8 Å². The maximum Gasteiger partial charge on any atom is 0.171 e. The van der Waals surface area contributed by atoms with Crippen molar-refractivity contribution in [2.24, 2.45) is 17.1 Å². The van der Waals surface area contributed by atoms with E-state index in [9.17, 15) is 0 Å². The number of hydrogen-bond donors (Lipinski definition) is 1. The second kappa shape index (κ2) is 5.80. The quantitative estimate of drug-likeness (QED) is 0.851. The highest BCUT2D eigenvalue weighted by atomic mass is 16.7. The standard InChI is InChI=1S/C17H31NO3/c1-12-8-13(10-16(2,3)9-12)21-15-11-17(5-4-14(15)18)19-6-7-20-17/h12-15H,4-11,18H2,1-3H3. The Bertz CT molecular complexity index is 365. The van der Waals surface area contributed by atoms with Gasteiger partial charge in [-0.2, -0.15) is 0 Å². The van der Waals surface area contributed by atoms with E-state index < -0.39 is 5.79 Å². The lowest BCUT2D eigenvalue weighted by atomic mass is 9.71. The van der Waals surface area contributed by atoms with Crippen molar-refractivity contribution in [3.63, 3.8) is 0 Å². The summed E-state index contributed by atoms with van der Waals surface area (Å²) in [5.41, 5.74) is 6.69. The van der Waals surface area contributed by atoms with Crippen LogP contribution < -0.4 is 5.73 Å². The van der Waals surface area contributed by atoms with E-state index in [0.29, 0.717) is 24.7 Å². The molecule has 1 spiro atoms. The van der Waals surface area contributed by atoms with E-state index in [4.69, 9.17) is 19.9 Å². The van der Waals surface area contributed by atoms with Gasteiger partial charge in [0.15, 0.2) is 5.79 Å². The summed E-state index contributed by atoms with van der Waals surface area (Å²) in [5.74, 6) is 0.322. The van der Waals surface area contributed by atoms with Crippen LogP contribution in [0.4, 0.5) is 0 Å². The van der Waals surface area contributed by atoms with Gasteiger partial charge in [0, 0.05) is 18.9 Å². The average molecular weight is 297 g/mol. The molecule has 0 aromatic heterocycles. The zero-order chi connectivity index (χ0) is 15.1. The molecule has 0 radical (unpaired) electrons. The van der Waals surface area contributed by atoms with Crippen LogP contribution in [0.25, 0.3) is 0 Å². The van der Waals surface area contributed by atoms with Crippen molar-refractivity contribution < 1.29 is 14.2 Å². The van der Waals surface area contributed by atoms with E-state index in [1.54, 1.807) is 0 Å². The first-order chi connectivity index (χ1) is 9.88. The molecule has 3 fully saturated rings. The number of rotatable bonds is 2. The van der Waals surface area contributed by atoms with Gasteiger partial charge in [0.25, 0.3) is 0 Å². The van der Waals surface area contributed by atoms with Crippen LogP contribution in [0.1, 0.15) is 59.3 Å². The predicted octanol–water partition coefficient (Wildman–Crippen LogP) is 2.84. The van der Waals surface area contributed by atoms with E-state index in [-0.39, 0.29) is 12.1 Å². The Kier molecular flexibility index (Phi) is 4.34. The first-order valence-corrected chi connectivity index (χ1v) is 8.56. The molecule has 1 aliphatic heterocycles. The fraction of sp³-hybridized carbons (Fsp3) is 1.00. The minimum atomic E-state index is -0.406. The van der Waals surface area contributed by atoms with Gasteiger partial charge in [0.1, 0.15) is 0 Å². The van der Waals surface area contributed by atoms with Gasteiger partial charge in [0.2, 0.25) is 0 Å². The Morgan fingerprint density at radius 2 is 1.81 bits per heavy atom. The van der Waals surface area contributed by atoms with E-state index in [1.165, 1.54) is 6.42 Å². The number of ether oxygens (including phenoxy) is 3. The minimum Gasteiger partial charge on any atom is -0.373 e. The summed E-state index contributed by atoms with van der Waals surface area (Å²) in [6.07, 6.45) is 6.60. The van der Waals surface area contributed by atoms with Gasteiger partial charge < -0.3 is 19.9 Å². The molecular formula is C17H31NO3. The molecule has 4 unspecified atom stereocenters. The highest BCUT2D eigenvalue weighted by molar-refractivity contribution is 4.92. The van der Waals surface area contributed by atoms with Crippen LogP contribution in [0.2, 0.25) is 0 Å². The molecule has 0 amide bonds. The van der Waals surface area contributed by atoms with Gasteiger partial charge in [-0.3, -0.25) is 0 Å². The van der Waals surface area contributed by atoms with Gasteiger partial charge >= 0.3 is 0 Å². The molecule has 0 aromatic rings. The van der Waals surface area contributed by atoms with Crippen molar-refractivity contribution in [1.29, 1.82) is 0 Å². The summed E-state index contributed by atoms with van der Waals surface area (Å²) in [6.45, 7) is 8.45. The third kappa shape index (κ3) is 3.61. The first kappa shape index (κ1) is 15.7. The Labute approximate surface area is 128 Å². The van der Waals surface area contributed by atoms with Crippen molar-refractivity contribution in [2.45, 2.75) is 83.3 Å². The molecule has 4 nitrogen and oxygen atoms in total. The van der Waals surface area contributed by atoms with Crippen LogP contribution >= 0.6 is 0 Å². The monoisotopic (exact) mass is 297 g/mol. The first-order valence-electron chi connectivity index (χ1n) is 8.56. The Hall–Kier alpha value is -0.160. The lowest BCUT2D eigenvalue weighted by Gasteiger charge is -2.44. The summed E-state index contributed by atoms with van der Waals surface area (Å²) in [5, 5.41) is 0. The Morgan fingerprint density at radius 1 is 1.10 bits per heavy atom. The number of hydrogen-bond acceptors (Lipinski definition) is 4. The number of nitrogens with two attached hydrogens (primary N) is 1. The molecule has 0 bridgehead atoms. The van der Waals surface area contributed by atoms with E-state index in [1.807, 2.05) is 0 Å². The van der Waals surface area contributed by atoms with Gasteiger partial charge in [-0.15, -0.1) is 0 Å². The molecule has 2 N–H and O–H groups in total. The predicted molar refractivity (Wildman–Crippen MR) is 81.9 cm³/mol. The fourth-order valence-corrected chi connectivity index (χ4v) is 4.65. The maximum atomic E-state index is 6.45. The zero-order valence-corrected chi connectivity index (χ0v) is 13.8. The molecular weight excluding hydrogens is 266 g/mol. The van der Waals surface area contributed by atoms with E-state index in [0.717, 1.165) is 38.0 Å². The highest BCUT2D eigenvalue weighted by Crippen LogP contribution is 2.42. The Balaban J connectivity index is 1.62. The van der Waals surface area contributed by atoms with E-state index >= 15 is 0 Å². The van der Waals surface area contributed by atoms with Crippen molar-refractivity contribution in [2.75, 3.05) is 13.2 Å². The lowest BCUT2D eigenvalue weighted by molar-refractivity contribution is -0.214. The van der Waals surface area contributed by atoms with Crippen LogP contribution in [0, 0.1) is 11.3 Å². The van der Waals surface area contributed by atoms with Gasteiger partial charge in [-0.25, -0.2) is 0 Å². The van der Waals surface area contributed by atoms with Gasteiger partial charge in [-0.05, 0) is 37.0 Å². The topological polar surface area (TPSA) is 53.7 Å². The fourth-order valence-electron chi connectivity index (χ4n) is 4.65. The molecule has 3 rings (SSSR count). The minimum absolute atomic E-state index is 0.0722. The van der Waals surface area contributed by atoms with Crippen molar-refractivity contribution >= 4 is 0 Å². The second-order valence-electron chi connectivity index (χ2n) is 8.22. The molecule has 4 heteroatoms. The molecule has 1 heterocycles. The molecule has 2 saturated carbocycles. The molecule has 122 valence electrons. The average Bonchev–Trinajstić information content (AvgIpc) is 2.80. The molecule has 0 aromatic carbocycles. The third-order valence-corrected chi connectivity index (χ3v) is 5.38. The van der Waals surface area contributed by atoms with Crippen molar-refractivity contribution in [1.82, 2.24) is 0 Å². The van der Waals surface area contributed by atoms with Crippen LogP contribution in [-0.2, 0) is 14.2 Å². The molecule has 2 aliphatic carbocycles. The molecule has 3 aliphatic rings. The SMILES string of the molecule is CC1CC(OC2CC3(CCC2N)OCCO3)CC(C)(C)C1. The largest absolute Gasteiger partial charge is 0.373 e. The summed E-state index contributed by atoms with van der Waals surface area (Å²) in [6, 6.07) is 0.115. The lowest BCUT2D eigenvalue weighted by Crippen LogP contribution is -2.51. The summed E-state index contributed by atoms with van der Waals surface area (Å²) in [7, 11) is 0.